The summed E-state index contributed by atoms with van der Waals surface area (Å²) >= 11 is 0. The van der Waals surface area contributed by atoms with Crippen LogP contribution in [-0.2, 0) is 4.79 Å². The molecule has 0 aliphatic carbocycles. The number of anilines is 1. The van der Waals surface area contributed by atoms with Crippen LogP contribution in [0.1, 0.15) is 6.92 Å². The van der Waals surface area contributed by atoms with Gasteiger partial charge in [0.05, 0.1) is 6.54 Å². The van der Waals surface area contributed by atoms with Gasteiger partial charge in [-0.1, -0.05) is 0 Å². The molecule has 1 atom stereocenters. The maximum Gasteiger partial charge on any atom is 0.208 e. The van der Waals surface area contributed by atoms with Gasteiger partial charge in [0.15, 0.2) is 0 Å². The van der Waals surface area contributed by atoms with Gasteiger partial charge in [-0.15, -0.1) is 0 Å². The number of aliphatic hydroxyl groups excluding tert-OH is 1. The SMILES string of the molecule is CC1=NC(O)C(=O)CN1c1cc(F)cc(F)c1. The highest BCUT2D eigenvalue weighted by Crippen LogP contribution is 2.20. The fourth-order valence-corrected chi connectivity index (χ4v) is 1.64. The van der Waals surface area contributed by atoms with E-state index in [2.05, 4.69) is 4.99 Å². The monoisotopic (exact) mass is 240 g/mol. The van der Waals surface area contributed by atoms with Crippen LogP contribution in [0, 0.1) is 11.6 Å². The molecule has 6 heteroatoms. The van der Waals surface area contributed by atoms with E-state index in [1.54, 1.807) is 6.92 Å². The number of amidine groups is 1. The number of hydrogen-bond donors (Lipinski definition) is 1. The predicted octanol–water partition coefficient (Wildman–Crippen LogP) is 1.09. The molecule has 2 rings (SSSR count). The van der Waals surface area contributed by atoms with Crippen LogP contribution in [0.4, 0.5) is 14.5 Å². The molecular formula is C11H10F2N2O2. The molecule has 0 aromatic heterocycles. The molecule has 0 saturated heterocycles. The first-order chi connectivity index (χ1) is 7.97. The Kier molecular flexibility index (Phi) is 2.89. The number of nitrogens with zero attached hydrogens (tertiary/aromatic N) is 2. The second kappa shape index (κ2) is 4.21. The van der Waals surface area contributed by atoms with Crippen molar-refractivity contribution in [2.45, 2.75) is 13.2 Å². The fraction of sp³-hybridized carbons (Fsp3) is 0.273. The number of aliphatic imine (C=N–C) groups is 1. The van der Waals surface area contributed by atoms with Crippen LogP contribution < -0.4 is 4.90 Å². The van der Waals surface area contributed by atoms with Crippen molar-refractivity contribution >= 4 is 17.3 Å². The van der Waals surface area contributed by atoms with Crippen molar-refractivity contribution in [3.63, 3.8) is 0 Å². The fourth-order valence-electron chi connectivity index (χ4n) is 1.64. The van der Waals surface area contributed by atoms with Crippen LogP contribution in [-0.4, -0.2) is 29.5 Å². The molecule has 17 heavy (non-hydrogen) atoms. The zero-order valence-electron chi connectivity index (χ0n) is 9.02. The van der Waals surface area contributed by atoms with Crippen LogP contribution in [0.15, 0.2) is 23.2 Å². The maximum atomic E-state index is 13.0. The van der Waals surface area contributed by atoms with Crippen molar-refractivity contribution in [3.05, 3.63) is 29.8 Å². The molecular weight excluding hydrogens is 230 g/mol. The number of hydrogen-bond acceptors (Lipinski definition) is 4. The van der Waals surface area contributed by atoms with E-state index in [1.165, 1.54) is 4.90 Å². The number of Topliss-reactive ketones (excluding diaryl/α,β-unsaturated/α-hetero) is 1. The molecule has 1 aromatic carbocycles. The van der Waals surface area contributed by atoms with Crippen LogP contribution in [0.2, 0.25) is 0 Å². The van der Waals surface area contributed by atoms with Crippen molar-refractivity contribution in [1.82, 2.24) is 0 Å². The van der Waals surface area contributed by atoms with Crippen molar-refractivity contribution in [2.75, 3.05) is 11.4 Å². The van der Waals surface area contributed by atoms with E-state index in [1.807, 2.05) is 0 Å². The lowest BCUT2D eigenvalue weighted by atomic mass is 10.2. The maximum absolute atomic E-state index is 13.0. The van der Waals surface area contributed by atoms with Gasteiger partial charge in [0.1, 0.15) is 17.5 Å². The van der Waals surface area contributed by atoms with Gasteiger partial charge in [-0.3, -0.25) is 4.79 Å². The highest BCUT2D eigenvalue weighted by molar-refractivity contribution is 6.05. The van der Waals surface area contributed by atoms with E-state index >= 15 is 0 Å². The molecule has 1 unspecified atom stereocenters. The van der Waals surface area contributed by atoms with Crippen molar-refractivity contribution in [3.8, 4) is 0 Å². The summed E-state index contributed by atoms with van der Waals surface area (Å²) in [5.74, 6) is -1.64. The minimum absolute atomic E-state index is 0.153. The average Bonchev–Trinajstić information content (AvgIpc) is 2.22. The van der Waals surface area contributed by atoms with Crippen molar-refractivity contribution in [1.29, 1.82) is 0 Å². The summed E-state index contributed by atoms with van der Waals surface area (Å²) in [4.78, 5) is 16.3. The third-order valence-corrected chi connectivity index (χ3v) is 2.46. The summed E-state index contributed by atoms with van der Waals surface area (Å²) in [5.41, 5.74) is 0.198. The second-order valence-corrected chi connectivity index (χ2v) is 3.73. The highest BCUT2D eigenvalue weighted by atomic mass is 19.1. The molecule has 1 aliphatic heterocycles. The van der Waals surface area contributed by atoms with Gasteiger partial charge in [0.25, 0.3) is 0 Å². The normalized spacial score (nSPS) is 20.5. The minimum Gasteiger partial charge on any atom is -0.366 e. The molecule has 0 amide bonds. The molecule has 1 aliphatic rings. The first kappa shape index (κ1) is 11.7. The number of rotatable bonds is 1. The minimum atomic E-state index is -1.38. The average molecular weight is 240 g/mol. The van der Waals surface area contributed by atoms with Crippen LogP contribution in [0.5, 0.6) is 0 Å². The summed E-state index contributed by atoms with van der Waals surface area (Å²) in [7, 11) is 0. The molecule has 4 nitrogen and oxygen atoms in total. The zero-order valence-corrected chi connectivity index (χ0v) is 9.02. The topological polar surface area (TPSA) is 52.9 Å². The van der Waals surface area contributed by atoms with Crippen LogP contribution in [0.25, 0.3) is 0 Å². The Balaban J connectivity index is 2.40. The van der Waals surface area contributed by atoms with Crippen LogP contribution >= 0.6 is 0 Å². The van der Waals surface area contributed by atoms with Gasteiger partial charge in [0.2, 0.25) is 12.0 Å². The van der Waals surface area contributed by atoms with E-state index < -0.39 is 23.6 Å². The number of aliphatic hydroxyl groups is 1. The van der Waals surface area contributed by atoms with Gasteiger partial charge in [-0.2, -0.15) is 0 Å². The number of carbonyl (C=O) groups is 1. The third kappa shape index (κ3) is 2.31. The summed E-state index contributed by atoms with van der Waals surface area (Å²) in [6, 6.07) is 2.96. The smallest absolute Gasteiger partial charge is 0.208 e. The Morgan fingerprint density at radius 2 is 1.94 bits per heavy atom. The second-order valence-electron chi connectivity index (χ2n) is 3.73. The molecule has 1 N–H and O–H groups in total. The number of carbonyl (C=O) groups excluding carboxylic acids is 1. The summed E-state index contributed by atoms with van der Waals surface area (Å²) in [6.07, 6.45) is -1.38. The lowest BCUT2D eigenvalue weighted by molar-refractivity contribution is -0.125. The largest absolute Gasteiger partial charge is 0.366 e. The Labute approximate surface area is 96.2 Å². The molecule has 0 fully saturated rings. The Morgan fingerprint density at radius 3 is 2.53 bits per heavy atom. The Morgan fingerprint density at radius 1 is 1.35 bits per heavy atom. The number of halogens is 2. The van der Waals surface area contributed by atoms with Gasteiger partial charge < -0.3 is 10.0 Å². The molecule has 0 bridgehead atoms. The molecule has 1 aromatic rings. The van der Waals surface area contributed by atoms with E-state index in [0.717, 1.165) is 18.2 Å². The highest BCUT2D eigenvalue weighted by Gasteiger charge is 2.26. The molecule has 0 radical (unpaired) electrons. The zero-order chi connectivity index (χ0) is 12.6. The van der Waals surface area contributed by atoms with E-state index in [-0.39, 0.29) is 12.2 Å². The van der Waals surface area contributed by atoms with Gasteiger partial charge in [-0.25, -0.2) is 13.8 Å². The summed E-state index contributed by atoms with van der Waals surface area (Å²) < 4.78 is 26.1. The van der Waals surface area contributed by atoms with Crippen molar-refractivity contribution < 1.29 is 18.7 Å². The first-order valence-electron chi connectivity index (χ1n) is 4.96. The van der Waals surface area contributed by atoms with E-state index in [9.17, 15) is 18.7 Å². The van der Waals surface area contributed by atoms with E-state index in [4.69, 9.17) is 0 Å². The Bertz CT molecular complexity index is 482. The predicted molar refractivity (Wildman–Crippen MR) is 57.8 cm³/mol. The summed E-state index contributed by atoms with van der Waals surface area (Å²) in [6.45, 7) is 1.40. The molecule has 0 saturated carbocycles. The quantitative estimate of drug-likeness (QED) is 0.799. The number of benzene rings is 1. The standard InChI is InChI=1S/C11H10F2N2O2/c1-6-14-11(17)10(16)5-15(6)9-3-7(12)2-8(13)4-9/h2-4,11,17H,5H2,1H3. The number of ketones is 1. The molecule has 90 valence electrons. The van der Waals surface area contributed by atoms with Gasteiger partial charge >= 0.3 is 0 Å². The van der Waals surface area contributed by atoms with Gasteiger partial charge in [0, 0.05) is 11.8 Å². The molecule has 1 heterocycles. The third-order valence-electron chi connectivity index (χ3n) is 2.46. The van der Waals surface area contributed by atoms with Crippen molar-refractivity contribution in [2.24, 2.45) is 4.99 Å². The summed E-state index contributed by atoms with van der Waals surface area (Å²) in [5, 5.41) is 9.21. The van der Waals surface area contributed by atoms with Crippen LogP contribution in [0.3, 0.4) is 0 Å². The Hall–Kier alpha value is -1.82. The first-order valence-corrected chi connectivity index (χ1v) is 4.96. The molecule has 0 spiro atoms. The lowest BCUT2D eigenvalue weighted by Crippen LogP contribution is -2.43. The lowest BCUT2D eigenvalue weighted by Gasteiger charge is -2.28. The van der Waals surface area contributed by atoms with E-state index in [0.29, 0.717) is 5.84 Å². The van der Waals surface area contributed by atoms with Gasteiger partial charge in [-0.05, 0) is 19.1 Å².